The summed E-state index contributed by atoms with van der Waals surface area (Å²) in [5.41, 5.74) is 2.23. The molecule has 0 aliphatic heterocycles. The van der Waals surface area contributed by atoms with Crippen LogP contribution >= 0.6 is 0 Å². The number of benzene rings is 2. The van der Waals surface area contributed by atoms with Crippen molar-refractivity contribution in [1.29, 1.82) is 0 Å². The van der Waals surface area contributed by atoms with Crippen LogP contribution in [-0.4, -0.2) is 26.1 Å². The van der Waals surface area contributed by atoms with E-state index in [1.165, 1.54) is 6.92 Å². The van der Waals surface area contributed by atoms with E-state index in [4.69, 9.17) is 0 Å². The average molecular weight is 372 g/mol. The maximum absolute atomic E-state index is 12.5. The van der Waals surface area contributed by atoms with E-state index in [0.717, 1.165) is 18.4 Å². The normalized spacial score (nSPS) is 14.0. The molecule has 0 atom stereocenters. The van der Waals surface area contributed by atoms with Gasteiger partial charge in [0.1, 0.15) is 0 Å². The monoisotopic (exact) mass is 372 g/mol. The molecule has 26 heavy (non-hydrogen) atoms. The van der Waals surface area contributed by atoms with E-state index in [1.54, 1.807) is 23.1 Å². The lowest BCUT2D eigenvalue weighted by Gasteiger charge is -2.24. The summed E-state index contributed by atoms with van der Waals surface area (Å²) in [7, 11) is -3.48. The van der Waals surface area contributed by atoms with Gasteiger partial charge in [-0.3, -0.25) is 9.52 Å². The Morgan fingerprint density at radius 1 is 1.08 bits per heavy atom. The average Bonchev–Trinajstić information content (AvgIpc) is 3.42. The van der Waals surface area contributed by atoms with Crippen LogP contribution in [0.3, 0.4) is 0 Å². The molecule has 1 amide bonds. The molecule has 1 fully saturated rings. The molecule has 3 rings (SSSR count). The van der Waals surface area contributed by atoms with Gasteiger partial charge in [-0.25, -0.2) is 8.42 Å². The number of aryl methyl sites for hydroxylation is 1. The van der Waals surface area contributed by atoms with Crippen molar-refractivity contribution in [1.82, 2.24) is 0 Å². The fourth-order valence-electron chi connectivity index (χ4n) is 3.06. The lowest BCUT2D eigenvalue weighted by atomic mass is 10.1. The molecule has 1 aliphatic carbocycles. The van der Waals surface area contributed by atoms with Crippen LogP contribution in [0.25, 0.3) is 0 Å². The molecule has 2 aromatic rings. The summed E-state index contributed by atoms with van der Waals surface area (Å²) in [6.07, 6.45) is 3.17. The summed E-state index contributed by atoms with van der Waals surface area (Å²) in [5, 5.41) is 0. The Balaban J connectivity index is 1.68. The van der Waals surface area contributed by atoms with Gasteiger partial charge in [0.2, 0.25) is 15.9 Å². The smallest absolute Gasteiger partial charge is 0.232 e. The highest BCUT2D eigenvalue weighted by Gasteiger charge is 2.33. The van der Waals surface area contributed by atoms with Crippen LogP contribution in [0.4, 0.5) is 11.4 Å². The molecule has 0 radical (unpaired) electrons. The molecule has 0 unspecified atom stereocenters. The van der Waals surface area contributed by atoms with E-state index in [9.17, 15) is 13.2 Å². The van der Waals surface area contributed by atoms with Crippen LogP contribution in [0.5, 0.6) is 0 Å². The lowest BCUT2D eigenvalue weighted by molar-refractivity contribution is -0.116. The molecule has 1 saturated carbocycles. The van der Waals surface area contributed by atoms with Crippen LogP contribution in [-0.2, 0) is 21.2 Å². The first kappa shape index (κ1) is 18.5. The fourth-order valence-corrected chi connectivity index (χ4v) is 4.19. The molecule has 0 spiro atoms. The molecule has 0 saturated heterocycles. The summed E-state index contributed by atoms with van der Waals surface area (Å²) in [5.74, 6) is -0.0251. The first-order valence-electron chi connectivity index (χ1n) is 8.89. The van der Waals surface area contributed by atoms with Gasteiger partial charge in [-0.1, -0.05) is 42.5 Å². The highest BCUT2D eigenvalue weighted by molar-refractivity contribution is 7.92. The largest absolute Gasteiger partial charge is 0.308 e. The van der Waals surface area contributed by atoms with Gasteiger partial charge in [0, 0.05) is 13.0 Å². The van der Waals surface area contributed by atoms with Crippen molar-refractivity contribution in [2.24, 2.45) is 0 Å². The summed E-state index contributed by atoms with van der Waals surface area (Å²) in [6, 6.07) is 17.1. The Hall–Kier alpha value is -2.34. The van der Waals surface area contributed by atoms with Gasteiger partial charge in [-0.15, -0.1) is 0 Å². The van der Waals surface area contributed by atoms with Crippen LogP contribution in [0.2, 0.25) is 0 Å². The number of anilines is 2. The minimum atomic E-state index is -3.48. The Labute approximate surface area is 155 Å². The Morgan fingerprint density at radius 2 is 1.73 bits per heavy atom. The third-order valence-corrected chi connectivity index (χ3v) is 5.76. The molecule has 5 nitrogen and oxygen atoms in total. The lowest BCUT2D eigenvalue weighted by Crippen LogP contribution is -2.32. The van der Waals surface area contributed by atoms with Gasteiger partial charge in [0.15, 0.2) is 0 Å². The summed E-state index contributed by atoms with van der Waals surface area (Å²) in [4.78, 5) is 13.7. The minimum Gasteiger partial charge on any atom is -0.308 e. The molecular formula is C20H24N2O3S. The van der Waals surface area contributed by atoms with Crippen molar-refractivity contribution >= 4 is 27.3 Å². The molecule has 0 bridgehead atoms. The molecule has 2 aromatic carbocycles. The van der Waals surface area contributed by atoms with Gasteiger partial charge >= 0.3 is 0 Å². The van der Waals surface area contributed by atoms with Gasteiger partial charge in [-0.2, -0.15) is 0 Å². The molecule has 0 heterocycles. The topological polar surface area (TPSA) is 66.5 Å². The Morgan fingerprint density at radius 3 is 2.38 bits per heavy atom. The van der Waals surface area contributed by atoms with Gasteiger partial charge < -0.3 is 4.90 Å². The molecule has 138 valence electrons. The van der Waals surface area contributed by atoms with Crippen LogP contribution in [0.15, 0.2) is 54.6 Å². The number of hydrogen-bond donors (Lipinski definition) is 1. The van der Waals surface area contributed by atoms with Crippen molar-refractivity contribution in [2.75, 3.05) is 15.4 Å². The second kappa shape index (κ2) is 7.91. The van der Waals surface area contributed by atoms with E-state index in [0.29, 0.717) is 24.2 Å². The maximum Gasteiger partial charge on any atom is 0.232 e. The van der Waals surface area contributed by atoms with Crippen molar-refractivity contribution in [3.05, 3.63) is 60.2 Å². The predicted molar refractivity (Wildman–Crippen MR) is 105 cm³/mol. The number of nitrogens with one attached hydrogen (secondary N) is 1. The second-order valence-corrected chi connectivity index (χ2v) is 8.49. The number of rotatable bonds is 8. The van der Waals surface area contributed by atoms with Crippen molar-refractivity contribution in [2.45, 2.75) is 38.6 Å². The van der Waals surface area contributed by atoms with E-state index in [2.05, 4.69) is 4.72 Å². The fraction of sp³-hybridized carbons (Fsp3) is 0.350. The minimum absolute atomic E-state index is 0.0414. The molecule has 6 heteroatoms. The highest BCUT2D eigenvalue weighted by atomic mass is 32.2. The zero-order valence-electron chi connectivity index (χ0n) is 14.9. The predicted octanol–water partition coefficient (Wildman–Crippen LogP) is 3.58. The quantitative estimate of drug-likeness (QED) is 0.770. The molecular weight excluding hydrogens is 348 g/mol. The number of hydrogen-bond acceptors (Lipinski definition) is 3. The number of amides is 1. The zero-order valence-corrected chi connectivity index (χ0v) is 15.7. The molecule has 1 N–H and O–H groups in total. The van der Waals surface area contributed by atoms with Crippen molar-refractivity contribution in [3.63, 3.8) is 0 Å². The number of carbonyl (C=O) groups is 1. The summed E-state index contributed by atoms with van der Waals surface area (Å²) >= 11 is 0. The van der Waals surface area contributed by atoms with E-state index in [-0.39, 0.29) is 17.7 Å². The Kier molecular flexibility index (Phi) is 5.61. The summed E-state index contributed by atoms with van der Waals surface area (Å²) in [6.45, 7) is 1.52. The SMILES string of the molecule is CC(=O)N(c1ccccc1NS(=O)(=O)CCCc1ccccc1)C1CC1. The number of sulfonamides is 1. The standard InChI is InChI=1S/C20H24N2O3S/c1-16(23)22(18-13-14-18)20-12-6-5-11-19(20)21-26(24,25)15-7-10-17-8-3-2-4-9-17/h2-6,8-9,11-12,18,21H,7,10,13-15H2,1H3. The third-order valence-electron chi connectivity index (χ3n) is 4.40. The third kappa shape index (κ3) is 4.85. The molecule has 0 aromatic heterocycles. The second-order valence-electron chi connectivity index (χ2n) is 6.65. The van der Waals surface area contributed by atoms with Crippen molar-refractivity contribution < 1.29 is 13.2 Å². The highest BCUT2D eigenvalue weighted by Crippen LogP contribution is 2.36. The number of nitrogens with zero attached hydrogens (tertiary/aromatic N) is 1. The first-order valence-corrected chi connectivity index (χ1v) is 10.5. The van der Waals surface area contributed by atoms with Crippen LogP contribution in [0.1, 0.15) is 31.7 Å². The van der Waals surface area contributed by atoms with Gasteiger partial charge in [0.25, 0.3) is 0 Å². The van der Waals surface area contributed by atoms with E-state index >= 15 is 0 Å². The Bertz CT molecular complexity index is 862. The van der Waals surface area contributed by atoms with Gasteiger partial charge in [0.05, 0.1) is 17.1 Å². The van der Waals surface area contributed by atoms with Gasteiger partial charge in [-0.05, 0) is 43.4 Å². The first-order chi connectivity index (χ1) is 12.5. The summed E-state index contributed by atoms with van der Waals surface area (Å²) < 4.78 is 27.7. The van der Waals surface area contributed by atoms with E-state index in [1.807, 2.05) is 36.4 Å². The van der Waals surface area contributed by atoms with Crippen LogP contribution < -0.4 is 9.62 Å². The number of carbonyl (C=O) groups excluding carboxylic acids is 1. The maximum atomic E-state index is 12.5. The van der Waals surface area contributed by atoms with Crippen LogP contribution in [0, 0.1) is 0 Å². The number of para-hydroxylation sites is 2. The van der Waals surface area contributed by atoms with E-state index < -0.39 is 10.0 Å². The van der Waals surface area contributed by atoms with Crippen molar-refractivity contribution in [3.8, 4) is 0 Å². The molecule has 1 aliphatic rings. The zero-order chi connectivity index (χ0) is 18.6.